The molecule has 0 radical (unpaired) electrons. The fourth-order valence-corrected chi connectivity index (χ4v) is 1.53. The van der Waals surface area contributed by atoms with Crippen LogP contribution in [0.5, 0.6) is 0 Å². The second-order valence-corrected chi connectivity index (χ2v) is 3.47. The van der Waals surface area contributed by atoms with Crippen LogP contribution in [0.3, 0.4) is 0 Å². The van der Waals surface area contributed by atoms with E-state index in [1.165, 1.54) is 5.69 Å². The normalized spacial score (nSPS) is 11.8. The highest BCUT2D eigenvalue weighted by molar-refractivity contribution is 5.11. The Hall–Kier alpha value is -0.830. The molecule has 1 atom stereocenters. The lowest BCUT2D eigenvalue weighted by Gasteiger charge is -2.10. The van der Waals surface area contributed by atoms with E-state index in [2.05, 4.69) is 28.5 Å². The minimum Gasteiger partial charge on any atom is -0.320 e. The van der Waals surface area contributed by atoms with Gasteiger partial charge in [-0.2, -0.15) is 5.10 Å². The van der Waals surface area contributed by atoms with E-state index < -0.39 is 0 Å². The molecular formula is C12H25N3. The molecule has 0 aliphatic heterocycles. The fraction of sp³-hybridized carbons (Fsp3) is 0.750. The molecule has 0 fully saturated rings. The van der Waals surface area contributed by atoms with E-state index >= 15 is 0 Å². The zero-order valence-corrected chi connectivity index (χ0v) is 10.7. The summed E-state index contributed by atoms with van der Waals surface area (Å²) < 4.78 is 0. The maximum atomic E-state index is 4.29. The van der Waals surface area contributed by atoms with Crippen LogP contribution < -0.4 is 5.32 Å². The van der Waals surface area contributed by atoms with Gasteiger partial charge in [-0.1, -0.05) is 20.8 Å². The summed E-state index contributed by atoms with van der Waals surface area (Å²) in [5.74, 6) is 0.595. The first kappa shape index (κ1) is 14.2. The van der Waals surface area contributed by atoms with E-state index in [-0.39, 0.29) is 0 Å². The van der Waals surface area contributed by atoms with Crippen LogP contribution in [0.4, 0.5) is 0 Å². The molecule has 0 aliphatic rings. The van der Waals surface area contributed by atoms with Gasteiger partial charge in [-0.15, -0.1) is 0 Å². The van der Waals surface area contributed by atoms with Crippen LogP contribution in [0.2, 0.25) is 0 Å². The number of aromatic nitrogens is 2. The molecule has 1 aromatic heterocycles. The first-order chi connectivity index (χ1) is 7.27. The molecule has 0 spiro atoms. The fourth-order valence-electron chi connectivity index (χ4n) is 1.53. The van der Waals surface area contributed by atoms with Crippen molar-refractivity contribution in [2.24, 2.45) is 0 Å². The molecule has 88 valence electrons. The van der Waals surface area contributed by atoms with Crippen LogP contribution in [0.15, 0.2) is 6.07 Å². The van der Waals surface area contributed by atoms with Crippen molar-refractivity contribution in [3.63, 3.8) is 0 Å². The Bertz CT molecular complexity index is 243. The van der Waals surface area contributed by atoms with E-state index in [1.807, 2.05) is 27.8 Å². The summed E-state index contributed by atoms with van der Waals surface area (Å²) in [5, 5.41) is 10.4. The maximum absolute atomic E-state index is 4.29. The third-order valence-electron chi connectivity index (χ3n) is 2.38. The van der Waals surface area contributed by atoms with Gasteiger partial charge in [-0.3, -0.25) is 5.10 Å². The Morgan fingerprint density at radius 3 is 2.53 bits per heavy atom. The van der Waals surface area contributed by atoms with E-state index in [9.17, 15) is 0 Å². The largest absolute Gasteiger partial charge is 0.320 e. The smallest absolute Gasteiger partial charge is 0.0656 e. The Kier molecular flexibility index (Phi) is 8.01. The highest BCUT2D eigenvalue weighted by Gasteiger charge is 2.11. The molecule has 3 nitrogen and oxygen atoms in total. The number of hydrogen-bond donors (Lipinski definition) is 2. The molecule has 2 N–H and O–H groups in total. The van der Waals surface area contributed by atoms with Crippen molar-refractivity contribution < 1.29 is 0 Å². The molecular weight excluding hydrogens is 186 g/mol. The molecule has 0 saturated carbocycles. The van der Waals surface area contributed by atoms with Crippen molar-refractivity contribution in [3.8, 4) is 0 Å². The highest BCUT2D eigenvalue weighted by Crippen LogP contribution is 2.20. The average Bonchev–Trinajstić information content (AvgIpc) is 2.69. The van der Waals surface area contributed by atoms with E-state index in [0.29, 0.717) is 5.92 Å². The second kappa shape index (κ2) is 8.48. The van der Waals surface area contributed by atoms with Gasteiger partial charge in [0.15, 0.2) is 0 Å². The van der Waals surface area contributed by atoms with Crippen molar-refractivity contribution in [1.29, 1.82) is 0 Å². The lowest BCUT2D eigenvalue weighted by molar-refractivity contribution is 0.567. The molecule has 0 aromatic carbocycles. The van der Waals surface area contributed by atoms with Crippen molar-refractivity contribution in [2.75, 3.05) is 13.6 Å². The number of hydrogen-bond acceptors (Lipinski definition) is 2. The molecule has 0 aliphatic carbocycles. The van der Waals surface area contributed by atoms with Gasteiger partial charge >= 0.3 is 0 Å². The Balaban J connectivity index is 0.000000921. The molecule has 0 bridgehead atoms. The number of H-pyrrole nitrogens is 1. The summed E-state index contributed by atoms with van der Waals surface area (Å²) in [6.45, 7) is 9.32. The maximum Gasteiger partial charge on any atom is 0.0656 e. The number of nitrogens with one attached hydrogen (secondary N) is 2. The summed E-state index contributed by atoms with van der Waals surface area (Å²) >= 11 is 0. The van der Waals surface area contributed by atoms with E-state index in [1.54, 1.807) is 0 Å². The lowest BCUT2D eigenvalue weighted by atomic mass is 9.98. The minimum absolute atomic E-state index is 0.595. The molecule has 1 aromatic rings. The number of aromatic amines is 1. The van der Waals surface area contributed by atoms with Crippen LogP contribution >= 0.6 is 0 Å². The summed E-state index contributed by atoms with van der Waals surface area (Å²) in [5.41, 5.74) is 2.35. The lowest BCUT2D eigenvalue weighted by Crippen LogP contribution is -2.12. The van der Waals surface area contributed by atoms with Crippen molar-refractivity contribution in [2.45, 2.75) is 46.5 Å². The van der Waals surface area contributed by atoms with Gasteiger partial charge in [0.1, 0.15) is 0 Å². The summed E-state index contributed by atoms with van der Waals surface area (Å²) in [4.78, 5) is 0. The molecule has 1 heterocycles. The predicted molar refractivity (Wildman–Crippen MR) is 66.2 cm³/mol. The van der Waals surface area contributed by atoms with Gasteiger partial charge in [0, 0.05) is 11.6 Å². The summed E-state index contributed by atoms with van der Waals surface area (Å²) in [7, 11) is 1.99. The van der Waals surface area contributed by atoms with Crippen LogP contribution in [0, 0.1) is 6.92 Å². The van der Waals surface area contributed by atoms with Crippen LogP contribution in [0.25, 0.3) is 0 Å². The van der Waals surface area contributed by atoms with Crippen LogP contribution in [-0.2, 0) is 0 Å². The molecule has 15 heavy (non-hydrogen) atoms. The number of nitrogens with zero attached hydrogens (tertiary/aromatic N) is 1. The van der Waals surface area contributed by atoms with Crippen LogP contribution in [-0.4, -0.2) is 23.8 Å². The van der Waals surface area contributed by atoms with Gasteiger partial charge in [-0.05, 0) is 39.4 Å². The predicted octanol–water partition coefficient (Wildman–Crippen LogP) is 2.85. The summed E-state index contributed by atoms with van der Waals surface area (Å²) in [6, 6.07) is 2.14. The third-order valence-corrected chi connectivity index (χ3v) is 2.38. The van der Waals surface area contributed by atoms with Crippen LogP contribution in [0.1, 0.15) is 50.9 Å². The zero-order valence-electron chi connectivity index (χ0n) is 10.7. The third kappa shape index (κ3) is 4.98. The van der Waals surface area contributed by atoms with Gasteiger partial charge < -0.3 is 5.32 Å². The first-order valence-corrected chi connectivity index (χ1v) is 5.94. The van der Waals surface area contributed by atoms with E-state index in [4.69, 9.17) is 0 Å². The van der Waals surface area contributed by atoms with Gasteiger partial charge in [0.2, 0.25) is 0 Å². The van der Waals surface area contributed by atoms with Gasteiger partial charge in [0.25, 0.3) is 0 Å². The molecule has 1 unspecified atom stereocenters. The Morgan fingerprint density at radius 2 is 2.13 bits per heavy atom. The topological polar surface area (TPSA) is 40.7 Å². The SMILES string of the molecule is CC.CCC(CCNC)c1cc(C)[nH]n1. The zero-order chi connectivity index (χ0) is 11.7. The molecule has 0 saturated heterocycles. The standard InChI is InChI=1S/C10H19N3.C2H6/c1-4-9(5-6-11-3)10-7-8(2)12-13-10;1-2/h7,9,11H,4-6H2,1-3H3,(H,12,13);1-2H3. The number of rotatable bonds is 5. The minimum atomic E-state index is 0.595. The van der Waals surface area contributed by atoms with Gasteiger partial charge in [0.05, 0.1) is 5.69 Å². The highest BCUT2D eigenvalue weighted by atomic mass is 15.1. The van der Waals surface area contributed by atoms with E-state index in [0.717, 1.165) is 25.1 Å². The van der Waals surface area contributed by atoms with Crippen molar-refractivity contribution in [1.82, 2.24) is 15.5 Å². The van der Waals surface area contributed by atoms with Gasteiger partial charge in [-0.25, -0.2) is 0 Å². The number of aryl methyl sites for hydroxylation is 1. The Morgan fingerprint density at radius 1 is 1.47 bits per heavy atom. The monoisotopic (exact) mass is 211 g/mol. The first-order valence-electron chi connectivity index (χ1n) is 5.94. The van der Waals surface area contributed by atoms with Crippen molar-refractivity contribution >= 4 is 0 Å². The molecule has 3 heteroatoms. The average molecular weight is 211 g/mol. The quantitative estimate of drug-likeness (QED) is 0.786. The molecule has 0 amide bonds. The Labute approximate surface area is 93.7 Å². The molecule has 1 rings (SSSR count). The summed E-state index contributed by atoms with van der Waals surface area (Å²) in [6.07, 6.45) is 2.32. The second-order valence-electron chi connectivity index (χ2n) is 3.47. The van der Waals surface area contributed by atoms with Crippen molar-refractivity contribution in [3.05, 3.63) is 17.5 Å².